The van der Waals surface area contributed by atoms with Crippen LogP contribution in [0, 0.1) is 11.3 Å². The molecule has 0 aromatic carbocycles. The number of ether oxygens (including phenoxy) is 1. The third-order valence-corrected chi connectivity index (χ3v) is 4.33. The first kappa shape index (κ1) is 13.3. The second kappa shape index (κ2) is 5.26. The predicted octanol–water partition coefficient (Wildman–Crippen LogP) is 1.17. The molecule has 2 atom stereocenters. The summed E-state index contributed by atoms with van der Waals surface area (Å²) in [6.07, 6.45) is 4.82. The quantitative estimate of drug-likeness (QED) is 0.773. The molecule has 2 aliphatic rings. The van der Waals surface area contributed by atoms with Gasteiger partial charge in [-0.3, -0.25) is 9.59 Å². The molecular formula is C13H21NO4. The largest absolute Gasteiger partial charge is 0.481 e. The highest BCUT2D eigenvalue weighted by Crippen LogP contribution is 2.41. The zero-order valence-corrected chi connectivity index (χ0v) is 10.8. The lowest BCUT2D eigenvalue weighted by atomic mass is 9.68. The maximum atomic E-state index is 12.2. The van der Waals surface area contributed by atoms with Crippen LogP contribution in [0.4, 0.5) is 0 Å². The van der Waals surface area contributed by atoms with Gasteiger partial charge >= 0.3 is 5.97 Å². The van der Waals surface area contributed by atoms with Crippen molar-refractivity contribution in [2.45, 2.75) is 44.6 Å². The zero-order chi connectivity index (χ0) is 13.2. The summed E-state index contributed by atoms with van der Waals surface area (Å²) in [4.78, 5) is 23.1. The number of methoxy groups -OCH3 is 1. The van der Waals surface area contributed by atoms with Crippen LogP contribution >= 0.6 is 0 Å². The number of nitrogens with one attached hydrogen (secondary N) is 1. The van der Waals surface area contributed by atoms with Crippen LogP contribution < -0.4 is 5.32 Å². The van der Waals surface area contributed by atoms with E-state index in [1.807, 2.05) is 0 Å². The molecule has 0 saturated heterocycles. The molecule has 0 unspecified atom stereocenters. The van der Waals surface area contributed by atoms with Gasteiger partial charge in [-0.2, -0.15) is 0 Å². The Balaban J connectivity index is 1.86. The van der Waals surface area contributed by atoms with E-state index in [9.17, 15) is 9.59 Å². The number of amides is 1. The molecule has 0 aliphatic heterocycles. The van der Waals surface area contributed by atoms with Gasteiger partial charge in [-0.15, -0.1) is 0 Å². The number of carboxylic acids is 1. The van der Waals surface area contributed by atoms with Crippen LogP contribution in [0.15, 0.2) is 0 Å². The summed E-state index contributed by atoms with van der Waals surface area (Å²) in [5.74, 6) is -0.997. The van der Waals surface area contributed by atoms with E-state index in [0.29, 0.717) is 19.4 Å². The molecule has 0 radical (unpaired) electrons. The van der Waals surface area contributed by atoms with Crippen molar-refractivity contribution in [3.8, 4) is 0 Å². The predicted molar refractivity (Wildman–Crippen MR) is 65.1 cm³/mol. The molecule has 0 bridgehead atoms. The number of aliphatic carboxylic acids is 1. The highest BCUT2D eigenvalue weighted by atomic mass is 16.5. The van der Waals surface area contributed by atoms with Crippen LogP contribution in [0.25, 0.3) is 0 Å². The number of rotatable bonds is 5. The molecule has 0 heterocycles. The molecule has 102 valence electrons. The van der Waals surface area contributed by atoms with Crippen LogP contribution in [0.3, 0.4) is 0 Å². The van der Waals surface area contributed by atoms with Crippen LogP contribution in [0.1, 0.15) is 38.5 Å². The van der Waals surface area contributed by atoms with Crippen molar-refractivity contribution in [1.82, 2.24) is 5.32 Å². The fourth-order valence-corrected chi connectivity index (χ4v) is 2.99. The molecule has 2 aliphatic carbocycles. The van der Waals surface area contributed by atoms with Gasteiger partial charge in [0, 0.05) is 13.2 Å². The number of carbonyl (C=O) groups is 2. The number of carboxylic acid groups (broad SMARTS) is 1. The second-order valence-corrected chi connectivity index (χ2v) is 5.59. The Morgan fingerprint density at radius 2 is 2.11 bits per heavy atom. The molecule has 2 fully saturated rings. The maximum Gasteiger partial charge on any atom is 0.306 e. The Hall–Kier alpha value is -1.10. The standard InChI is InChI=1S/C13H21NO4/c1-18-8-13(5-2-6-13)12(17)14-10-4-3-9(7-10)11(15)16/h9-10H,2-8H2,1H3,(H,14,17)(H,15,16)/t9-,10+/m1/s1. The summed E-state index contributed by atoms with van der Waals surface area (Å²) in [6.45, 7) is 0.466. The van der Waals surface area contributed by atoms with E-state index in [0.717, 1.165) is 25.7 Å². The Bertz CT molecular complexity index is 338. The third kappa shape index (κ3) is 2.51. The zero-order valence-electron chi connectivity index (χ0n) is 10.8. The Labute approximate surface area is 107 Å². The van der Waals surface area contributed by atoms with Gasteiger partial charge in [-0.1, -0.05) is 6.42 Å². The molecule has 0 aromatic rings. The Morgan fingerprint density at radius 1 is 1.39 bits per heavy atom. The molecule has 2 rings (SSSR count). The lowest BCUT2D eigenvalue weighted by Gasteiger charge is -2.40. The molecule has 18 heavy (non-hydrogen) atoms. The van der Waals surface area contributed by atoms with Gasteiger partial charge in [0.15, 0.2) is 0 Å². The highest BCUT2D eigenvalue weighted by molar-refractivity contribution is 5.84. The Kier molecular flexibility index (Phi) is 3.90. The number of hydrogen-bond acceptors (Lipinski definition) is 3. The van der Waals surface area contributed by atoms with E-state index in [2.05, 4.69) is 5.32 Å². The summed E-state index contributed by atoms with van der Waals surface area (Å²) in [7, 11) is 1.61. The van der Waals surface area contributed by atoms with Gasteiger partial charge < -0.3 is 15.2 Å². The monoisotopic (exact) mass is 255 g/mol. The minimum absolute atomic E-state index is 0.0212. The van der Waals surface area contributed by atoms with E-state index in [1.165, 1.54) is 0 Å². The van der Waals surface area contributed by atoms with Crippen molar-refractivity contribution < 1.29 is 19.4 Å². The van der Waals surface area contributed by atoms with Gasteiger partial charge in [0.2, 0.25) is 5.91 Å². The van der Waals surface area contributed by atoms with Gasteiger partial charge in [0.25, 0.3) is 0 Å². The first-order valence-corrected chi connectivity index (χ1v) is 6.60. The summed E-state index contributed by atoms with van der Waals surface area (Å²) in [5, 5.41) is 11.9. The fourth-order valence-electron chi connectivity index (χ4n) is 2.99. The molecule has 2 saturated carbocycles. The summed E-state index contributed by atoms with van der Waals surface area (Å²) in [5.41, 5.74) is -0.351. The molecule has 5 nitrogen and oxygen atoms in total. The molecule has 2 N–H and O–H groups in total. The van der Waals surface area contributed by atoms with Crippen LogP contribution in [0.2, 0.25) is 0 Å². The van der Waals surface area contributed by atoms with E-state index >= 15 is 0 Å². The van der Waals surface area contributed by atoms with Crippen molar-refractivity contribution in [3.63, 3.8) is 0 Å². The van der Waals surface area contributed by atoms with E-state index in [4.69, 9.17) is 9.84 Å². The molecule has 1 amide bonds. The molecule has 0 spiro atoms. The second-order valence-electron chi connectivity index (χ2n) is 5.59. The van der Waals surface area contributed by atoms with Crippen molar-refractivity contribution in [2.24, 2.45) is 11.3 Å². The van der Waals surface area contributed by atoms with Gasteiger partial charge in [0.05, 0.1) is 17.9 Å². The van der Waals surface area contributed by atoms with E-state index in [1.54, 1.807) is 7.11 Å². The minimum Gasteiger partial charge on any atom is -0.481 e. The average molecular weight is 255 g/mol. The van der Waals surface area contributed by atoms with Crippen molar-refractivity contribution in [1.29, 1.82) is 0 Å². The van der Waals surface area contributed by atoms with Gasteiger partial charge in [-0.25, -0.2) is 0 Å². The molecule has 0 aromatic heterocycles. The van der Waals surface area contributed by atoms with E-state index < -0.39 is 5.97 Å². The van der Waals surface area contributed by atoms with Crippen LogP contribution in [0.5, 0.6) is 0 Å². The highest BCUT2D eigenvalue weighted by Gasteiger charge is 2.45. The van der Waals surface area contributed by atoms with Gasteiger partial charge in [0.1, 0.15) is 0 Å². The first-order valence-electron chi connectivity index (χ1n) is 6.60. The number of hydrogen-bond donors (Lipinski definition) is 2. The Morgan fingerprint density at radius 3 is 2.56 bits per heavy atom. The third-order valence-electron chi connectivity index (χ3n) is 4.33. The minimum atomic E-state index is -0.748. The summed E-state index contributed by atoms with van der Waals surface area (Å²) < 4.78 is 5.14. The van der Waals surface area contributed by atoms with Crippen LogP contribution in [-0.2, 0) is 14.3 Å². The SMILES string of the molecule is COCC1(C(=O)N[C@H]2CC[C@@H](C(=O)O)C2)CCC1. The smallest absolute Gasteiger partial charge is 0.306 e. The lowest BCUT2D eigenvalue weighted by molar-refractivity contribution is -0.143. The average Bonchev–Trinajstić information content (AvgIpc) is 2.71. The maximum absolute atomic E-state index is 12.2. The molecular weight excluding hydrogens is 234 g/mol. The fraction of sp³-hybridized carbons (Fsp3) is 0.846. The summed E-state index contributed by atoms with van der Waals surface area (Å²) in [6, 6.07) is 0.0212. The molecule has 5 heteroatoms. The topological polar surface area (TPSA) is 75.6 Å². The van der Waals surface area contributed by atoms with Crippen molar-refractivity contribution in [3.05, 3.63) is 0 Å². The summed E-state index contributed by atoms with van der Waals surface area (Å²) >= 11 is 0. The first-order chi connectivity index (χ1) is 8.57. The normalized spacial score (nSPS) is 29.6. The number of carbonyl (C=O) groups excluding carboxylic acids is 1. The van der Waals surface area contributed by atoms with Crippen molar-refractivity contribution >= 4 is 11.9 Å². The van der Waals surface area contributed by atoms with Gasteiger partial charge in [-0.05, 0) is 32.1 Å². The van der Waals surface area contributed by atoms with Crippen LogP contribution in [-0.4, -0.2) is 36.7 Å². The lowest BCUT2D eigenvalue weighted by Crippen LogP contribution is -2.51. The van der Waals surface area contributed by atoms with E-state index in [-0.39, 0.29) is 23.3 Å². The van der Waals surface area contributed by atoms with Crippen molar-refractivity contribution in [2.75, 3.05) is 13.7 Å².